The fraction of sp³-hybridized carbons (Fsp3) is 0.818. The van der Waals surface area contributed by atoms with E-state index in [4.69, 9.17) is 0 Å². The zero-order chi connectivity index (χ0) is 7.94. The van der Waals surface area contributed by atoms with E-state index in [-0.39, 0.29) is 0 Å². The average Bonchev–Trinajstić information content (AvgIpc) is 2.28. The Labute approximate surface area is 70.7 Å². The highest BCUT2D eigenvalue weighted by Crippen LogP contribution is 2.22. The van der Waals surface area contributed by atoms with Gasteiger partial charge >= 0.3 is 0 Å². The largest absolute Gasteiger partial charge is 0.0853 e. The molecule has 0 aromatic heterocycles. The van der Waals surface area contributed by atoms with E-state index in [0.717, 1.165) is 0 Å². The van der Waals surface area contributed by atoms with Crippen LogP contribution in [0.2, 0.25) is 0 Å². The van der Waals surface area contributed by atoms with Crippen LogP contribution < -0.4 is 0 Å². The molecule has 0 unspecified atom stereocenters. The highest BCUT2D eigenvalue weighted by Gasteiger charge is 2.02. The van der Waals surface area contributed by atoms with Gasteiger partial charge in [0.05, 0.1) is 0 Å². The molecular formula is C11H20. The standard InChI is InChI=1S/C11H20/c1-2-3-8-11-9-6-4-5-7-10-11/h8H,2-7,9-10H2,1H3. The molecule has 0 aliphatic heterocycles. The average molecular weight is 152 g/mol. The quantitative estimate of drug-likeness (QED) is 0.413. The molecule has 0 amide bonds. The van der Waals surface area contributed by atoms with E-state index >= 15 is 0 Å². The van der Waals surface area contributed by atoms with Crippen molar-refractivity contribution in [2.45, 2.75) is 58.3 Å². The van der Waals surface area contributed by atoms with Crippen molar-refractivity contribution in [2.24, 2.45) is 0 Å². The molecule has 64 valence electrons. The van der Waals surface area contributed by atoms with E-state index in [1.165, 1.54) is 51.4 Å². The second-order valence-electron chi connectivity index (χ2n) is 3.57. The maximum atomic E-state index is 2.48. The van der Waals surface area contributed by atoms with Gasteiger partial charge in [-0.1, -0.05) is 37.8 Å². The Bertz CT molecular complexity index is 112. The lowest BCUT2D eigenvalue weighted by atomic mass is 10.1. The van der Waals surface area contributed by atoms with Crippen LogP contribution in [-0.4, -0.2) is 0 Å². The lowest BCUT2D eigenvalue weighted by Crippen LogP contribution is -1.80. The van der Waals surface area contributed by atoms with Gasteiger partial charge in [0.2, 0.25) is 0 Å². The summed E-state index contributed by atoms with van der Waals surface area (Å²) in [6, 6.07) is 0. The van der Waals surface area contributed by atoms with Gasteiger partial charge in [0, 0.05) is 0 Å². The van der Waals surface area contributed by atoms with Crippen molar-refractivity contribution in [3.8, 4) is 0 Å². The fourth-order valence-corrected chi connectivity index (χ4v) is 1.74. The lowest BCUT2D eigenvalue weighted by Gasteiger charge is -2.00. The predicted octanol–water partition coefficient (Wildman–Crippen LogP) is 4.07. The summed E-state index contributed by atoms with van der Waals surface area (Å²) in [6.07, 6.45) is 13.7. The Morgan fingerprint density at radius 2 is 1.73 bits per heavy atom. The first-order chi connectivity index (χ1) is 5.43. The third-order valence-corrected chi connectivity index (χ3v) is 2.47. The molecule has 0 saturated heterocycles. The fourth-order valence-electron chi connectivity index (χ4n) is 1.74. The summed E-state index contributed by atoms with van der Waals surface area (Å²) in [4.78, 5) is 0. The maximum absolute atomic E-state index is 2.48. The molecule has 0 atom stereocenters. The van der Waals surface area contributed by atoms with Gasteiger partial charge < -0.3 is 0 Å². The Morgan fingerprint density at radius 3 is 2.27 bits per heavy atom. The van der Waals surface area contributed by atoms with Gasteiger partial charge in [-0.3, -0.25) is 0 Å². The van der Waals surface area contributed by atoms with Crippen molar-refractivity contribution in [2.75, 3.05) is 0 Å². The molecule has 1 aliphatic carbocycles. The molecule has 0 aromatic carbocycles. The Kier molecular flexibility index (Phi) is 4.33. The van der Waals surface area contributed by atoms with Gasteiger partial charge in [-0.2, -0.15) is 0 Å². The highest BCUT2D eigenvalue weighted by molar-refractivity contribution is 5.02. The molecule has 0 radical (unpaired) electrons. The highest BCUT2D eigenvalue weighted by atomic mass is 14.1. The van der Waals surface area contributed by atoms with Crippen molar-refractivity contribution in [1.82, 2.24) is 0 Å². The molecule has 1 aliphatic rings. The van der Waals surface area contributed by atoms with Crippen LogP contribution in [0, 0.1) is 0 Å². The normalized spacial score (nSPS) is 19.5. The van der Waals surface area contributed by atoms with Gasteiger partial charge in [0.15, 0.2) is 0 Å². The monoisotopic (exact) mass is 152 g/mol. The number of allylic oxidation sites excluding steroid dienone is 2. The van der Waals surface area contributed by atoms with E-state index in [1.807, 2.05) is 0 Å². The molecular weight excluding hydrogens is 132 g/mol. The minimum Gasteiger partial charge on any atom is -0.0853 e. The van der Waals surface area contributed by atoms with E-state index in [2.05, 4.69) is 13.0 Å². The van der Waals surface area contributed by atoms with Crippen LogP contribution in [0.5, 0.6) is 0 Å². The Morgan fingerprint density at radius 1 is 1.09 bits per heavy atom. The second-order valence-corrected chi connectivity index (χ2v) is 3.57. The van der Waals surface area contributed by atoms with Crippen molar-refractivity contribution >= 4 is 0 Å². The van der Waals surface area contributed by atoms with Gasteiger partial charge in [-0.25, -0.2) is 0 Å². The summed E-state index contributed by atoms with van der Waals surface area (Å²) in [6.45, 7) is 2.26. The summed E-state index contributed by atoms with van der Waals surface area (Å²) in [5.41, 5.74) is 1.74. The third-order valence-electron chi connectivity index (χ3n) is 2.47. The molecule has 0 nitrogen and oxygen atoms in total. The molecule has 1 fully saturated rings. The van der Waals surface area contributed by atoms with E-state index < -0.39 is 0 Å². The minimum atomic E-state index is 1.30. The molecule has 0 heteroatoms. The number of hydrogen-bond donors (Lipinski definition) is 0. The lowest BCUT2D eigenvalue weighted by molar-refractivity contribution is 0.702. The first-order valence-electron chi connectivity index (χ1n) is 5.11. The summed E-state index contributed by atoms with van der Waals surface area (Å²) in [5, 5.41) is 0. The molecule has 0 spiro atoms. The summed E-state index contributed by atoms with van der Waals surface area (Å²) < 4.78 is 0. The first-order valence-corrected chi connectivity index (χ1v) is 5.11. The molecule has 1 saturated carbocycles. The molecule has 0 heterocycles. The summed E-state index contributed by atoms with van der Waals surface area (Å²) in [7, 11) is 0. The van der Waals surface area contributed by atoms with Crippen LogP contribution in [0.15, 0.2) is 11.6 Å². The SMILES string of the molecule is CCCC=C1CCCCCC1. The van der Waals surface area contributed by atoms with Gasteiger partial charge in [0.1, 0.15) is 0 Å². The number of hydrogen-bond acceptors (Lipinski definition) is 0. The van der Waals surface area contributed by atoms with E-state index in [0.29, 0.717) is 0 Å². The van der Waals surface area contributed by atoms with Crippen molar-refractivity contribution < 1.29 is 0 Å². The van der Waals surface area contributed by atoms with Gasteiger partial charge in [0.25, 0.3) is 0 Å². The van der Waals surface area contributed by atoms with Crippen LogP contribution >= 0.6 is 0 Å². The Hall–Kier alpha value is -0.260. The van der Waals surface area contributed by atoms with Crippen LogP contribution in [0.1, 0.15) is 58.3 Å². The zero-order valence-electron chi connectivity index (χ0n) is 7.73. The van der Waals surface area contributed by atoms with E-state index in [1.54, 1.807) is 5.57 Å². The second kappa shape index (κ2) is 5.40. The number of rotatable bonds is 2. The molecule has 0 N–H and O–H groups in total. The van der Waals surface area contributed by atoms with Crippen molar-refractivity contribution in [1.29, 1.82) is 0 Å². The van der Waals surface area contributed by atoms with Gasteiger partial charge in [-0.15, -0.1) is 0 Å². The van der Waals surface area contributed by atoms with Crippen LogP contribution in [-0.2, 0) is 0 Å². The minimum absolute atomic E-state index is 1.30. The summed E-state index contributed by atoms with van der Waals surface area (Å²) in [5.74, 6) is 0. The molecule has 11 heavy (non-hydrogen) atoms. The molecule has 0 bridgehead atoms. The molecule has 0 aromatic rings. The smallest absolute Gasteiger partial charge is 0.0320 e. The zero-order valence-corrected chi connectivity index (χ0v) is 7.73. The topological polar surface area (TPSA) is 0 Å². The first kappa shape index (κ1) is 8.83. The Balaban J connectivity index is 2.29. The van der Waals surface area contributed by atoms with Crippen LogP contribution in [0.4, 0.5) is 0 Å². The van der Waals surface area contributed by atoms with E-state index in [9.17, 15) is 0 Å². The maximum Gasteiger partial charge on any atom is -0.0320 e. The number of unbranched alkanes of at least 4 members (excludes halogenated alkanes) is 1. The third kappa shape index (κ3) is 3.60. The van der Waals surface area contributed by atoms with Crippen LogP contribution in [0.25, 0.3) is 0 Å². The van der Waals surface area contributed by atoms with Crippen molar-refractivity contribution in [3.63, 3.8) is 0 Å². The molecule has 1 rings (SSSR count). The summed E-state index contributed by atoms with van der Waals surface area (Å²) >= 11 is 0. The van der Waals surface area contributed by atoms with Crippen LogP contribution in [0.3, 0.4) is 0 Å². The van der Waals surface area contributed by atoms with Gasteiger partial charge in [-0.05, 0) is 32.1 Å². The van der Waals surface area contributed by atoms with Crippen molar-refractivity contribution in [3.05, 3.63) is 11.6 Å². The predicted molar refractivity (Wildman–Crippen MR) is 50.7 cm³/mol.